The zero-order valence-corrected chi connectivity index (χ0v) is 9.04. The van der Waals surface area contributed by atoms with Gasteiger partial charge in [-0.1, -0.05) is 0 Å². The van der Waals surface area contributed by atoms with Gasteiger partial charge < -0.3 is 4.74 Å². The molecule has 0 aromatic heterocycles. The molecule has 0 aliphatic rings. The first kappa shape index (κ1) is 12.8. The minimum atomic E-state index is -0.845. The molecular formula is C12H9F2NO2. The molecule has 1 aromatic rings. The lowest BCUT2D eigenvalue weighted by Gasteiger charge is -2.00. The Labute approximate surface area is 96.9 Å². The van der Waals surface area contributed by atoms with Crippen molar-refractivity contribution in [3.63, 3.8) is 0 Å². The first-order valence-corrected chi connectivity index (χ1v) is 4.82. The van der Waals surface area contributed by atoms with Gasteiger partial charge in [0.2, 0.25) is 0 Å². The van der Waals surface area contributed by atoms with Gasteiger partial charge in [0, 0.05) is 11.6 Å². The van der Waals surface area contributed by atoms with Crippen LogP contribution in [0.1, 0.15) is 12.5 Å². The number of carbonyl (C=O) groups excluding carboxylic acids is 1. The van der Waals surface area contributed by atoms with Gasteiger partial charge >= 0.3 is 5.97 Å². The average Bonchev–Trinajstić information content (AvgIpc) is 2.28. The Bertz CT molecular complexity index is 504. The molecule has 3 nitrogen and oxygen atoms in total. The number of hydrogen-bond donors (Lipinski definition) is 0. The van der Waals surface area contributed by atoms with Crippen molar-refractivity contribution in [2.45, 2.75) is 6.92 Å². The molecule has 0 saturated heterocycles. The van der Waals surface area contributed by atoms with E-state index in [0.29, 0.717) is 6.07 Å². The van der Waals surface area contributed by atoms with Crippen molar-refractivity contribution in [3.8, 4) is 6.07 Å². The molecule has 0 bridgehead atoms. The number of halogens is 2. The molecule has 0 saturated carbocycles. The number of ether oxygens (including phenoxy) is 1. The van der Waals surface area contributed by atoms with Gasteiger partial charge in [-0.15, -0.1) is 0 Å². The predicted molar refractivity (Wildman–Crippen MR) is 56.6 cm³/mol. The Morgan fingerprint density at radius 1 is 1.53 bits per heavy atom. The van der Waals surface area contributed by atoms with Crippen LogP contribution in [-0.2, 0) is 9.53 Å². The van der Waals surface area contributed by atoms with E-state index >= 15 is 0 Å². The zero-order valence-electron chi connectivity index (χ0n) is 9.04. The van der Waals surface area contributed by atoms with Crippen molar-refractivity contribution in [2.75, 3.05) is 6.61 Å². The van der Waals surface area contributed by atoms with E-state index in [2.05, 4.69) is 4.74 Å². The maximum atomic E-state index is 13.3. The van der Waals surface area contributed by atoms with Crippen molar-refractivity contribution in [1.29, 1.82) is 5.26 Å². The number of carbonyl (C=O) groups is 1. The lowest BCUT2D eigenvalue weighted by Crippen LogP contribution is -2.06. The Morgan fingerprint density at radius 3 is 2.76 bits per heavy atom. The average molecular weight is 237 g/mol. The number of rotatable bonds is 3. The van der Waals surface area contributed by atoms with E-state index in [9.17, 15) is 13.6 Å². The number of esters is 1. The van der Waals surface area contributed by atoms with E-state index in [4.69, 9.17) is 5.26 Å². The first-order valence-electron chi connectivity index (χ1n) is 4.82. The fraction of sp³-hybridized carbons (Fsp3) is 0.167. The van der Waals surface area contributed by atoms with Crippen molar-refractivity contribution in [3.05, 3.63) is 41.0 Å². The highest BCUT2D eigenvalue weighted by Gasteiger charge is 2.11. The highest BCUT2D eigenvalue weighted by Crippen LogP contribution is 2.14. The summed E-state index contributed by atoms with van der Waals surface area (Å²) < 4.78 is 30.5. The van der Waals surface area contributed by atoms with Crippen molar-refractivity contribution < 1.29 is 18.3 Å². The number of hydrogen-bond acceptors (Lipinski definition) is 3. The molecule has 0 spiro atoms. The lowest BCUT2D eigenvalue weighted by molar-refractivity contribution is -0.137. The first-order chi connectivity index (χ1) is 8.08. The maximum absolute atomic E-state index is 13.3. The standard InChI is InChI=1S/C12H9F2NO2/c1-2-17-12(16)9(7-15)5-8-3-4-10(13)6-11(8)14/h3-6H,2H2,1H3. The summed E-state index contributed by atoms with van der Waals surface area (Å²) in [5.74, 6) is -2.41. The summed E-state index contributed by atoms with van der Waals surface area (Å²) in [5, 5.41) is 8.71. The normalized spacial score (nSPS) is 10.8. The van der Waals surface area contributed by atoms with Crippen molar-refractivity contribution in [2.24, 2.45) is 0 Å². The van der Waals surface area contributed by atoms with E-state index < -0.39 is 17.6 Å². The smallest absolute Gasteiger partial charge is 0.348 e. The summed E-state index contributed by atoms with van der Waals surface area (Å²) in [6.07, 6.45) is 1.02. The molecule has 1 aromatic carbocycles. The van der Waals surface area contributed by atoms with E-state index in [-0.39, 0.29) is 17.7 Å². The quantitative estimate of drug-likeness (QED) is 0.461. The molecule has 0 N–H and O–H groups in total. The van der Waals surface area contributed by atoms with Crippen LogP contribution in [0.15, 0.2) is 23.8 Å². The van der Waals surface area contributed by atoms with Gasteiger partial charge in [-0.2, -0.15) is 5.26 Å². The molecular weight excluding hydrogens is 228 g/mol. The topological polar surface area (TPSA) is 50.1 Å². The van der Waals surface area contributed by atoms with Crippen LogP contribution in [0.4, 0.5) is 8.78 Å². The van der Waals surface area contributed by atoms with Gasteiger partial charge in [0.25, 0.3) is 0 Å². The molecule has 0 fully saturated rings. The van der Waals surface area contributed by atoms with Gasteiger partial charge in [0.05, 0.1) is 6.61 Å². The third-order valence-electron chi connectivity index (χ3n) is 1.88. The van der Waals surface area contributed by atoms with Gasteiger partial charge in [0.1, 0.15) is 23.3 Å². The zero-order chi connectivity index (χ0) is 12.8. The number of nitrogens with zero attached hydrogens (tertiary/aromatic N) is 1. The third-order valence-corrected chi connectivity index (χ3v) is 1.88. The molecule has 0 unspecified atom stereocenters. The van der Waals surface area contributed by atoms with Crippen LogP contribution in [-0.4, -0.2) is 12.6 Å². The summed E-state index contributed by atoms with van der Waals surface area (Å²) in [4.78, 5) is 11.2. The van der Waals surface area contributed by atoms with Gasteiger partial charge in [0.15, 0.2) is 0 Å². The van der Waals surface area contributed by atoms with Gasteiger partial charge in [-0.25, -0.2) is 13.6 Å². The Balaban J connectivity index is 3.07. The van der Waals surface area contributed by atoms with Gasteiger partial charge in [-0.05, 0) is 25.1 Å². The predicted octanol–water partition coefficient (Wildman–Crippen LogP) is 2.43. The minimum Gasteiger partial charge on any atom is -0.462 e. The summed E-state index contributed by atoms with van der Waals surface area (Å²) >= 11 is 0. The lowest BCUT2D eigenvalue weighted by atomic mass is 10.1. The SMILES string of the molecule is CCOC(=O)C(C#N)=Cc1ccc(F)cc1F. The van der Waals surface area contributed by atoms with E-state index in [0.717, 1.165) is 18.2 Å². The maximum Gasteiger partial charge on any atom is 0.348 e. The van der Waals surface area contributed by atoms with Crippen LogP contribution in [0.5, 0.6) is 0 Å². The second-order valence-electron chi connectivity index (χ2n) is 3.06. The van der Waals surface area contributed by atoms with E-state index in [1.165, 1.54) is 0 Å². The molecule has 0 aliphatic heterocycles. The molecule has 0 amide bonds. The van der Waals surface area contributed by atoms with Crippen LogP contribution in [0.2, 0.25) is 0 Å². The summed E-state index contributed by atoms with van der Waals surface area (Å²) in [6, 6.07) is 4.45. The van der Waals surface area contributed by atoms with Crippen LogP contribution in [0, 0.1) is 23.0 Å². The number of benzene rings is 1. The Morgan fingerprint density at radius 2 is 2.24 bits per heavy atom. The van der Waals surface area contributed by atoms with Crippen molar-refractivity contribution >= 4 is 12.0 Å². The van der Waals surface area contributed by atoms with Gasteiger partial charge in [-0.3, -0.25) is 0 Å². The highest BCUT2D eigenvalue weighted by molar-refractivity contribution is 5.97. The van der Waals surface area contributed by atoms with Crippen molar-refractivity contribution in [1.82, 2.24) is 0 Å². The molecule has 5 heteroatoms. The minimum absolute atomic E-state index is 0.0454. The van der Waals surface area contributed by atoms with Crippen LogP contribution in [0.3, 0.4) is 0 Å². The largest absolute Gasteiger partial charge is 0.462 e. The highest BCUT2D eigenvalue weighted by atomic mass is 19.1. The molecule has 88 valence electrons. The second kappa shape index (κ2) is 5.75. The summed E-state index contributed by atoms with van der Waals surface area (Å²) in [7, 11) is 0. The van der Waals surface area contributed by atoms with E-state index in [1.807, 2.05) is 0 Å². The third kappa shape index (κ3) is 3.38. The Kier molecular flexibility index (Phi) is 4.35. The second-order valence-corrected chi connectivity index (χ2v) is 3.06. The molecule has 0 heterocycles. The molecule has 0 aliphatic carbocycles. The summed E-state index contributed by atoms with van der Waals surface area (Å²) in [6.45, 7) is 1.70. The monoisotopic (exact) mass is 237 g/mol. The fourth-order valence-electron chi connectivity index (χ4n) is 1.12. The summed E-state index contributed by atoms with van der Waals surface area (Å²) in [5.41, 5.74) is -0.381. The molecule has 17 heavy (non-hydrogen) atoms. The molecule has 1 rings (SSSR count). The molecule has 0 atom stereocenters. The Hall–Kier alpha value is -2.22. The van der Waals surface area contributed by atoms with E-state index in [1.54, 1.807) is 13.0 Å². The van der Waals surface area contributed by atoms with Crippen LogP contribution >= 0.6 is 0 Å². The van der Waals surface area contributed by atoms with Crippen LogP contribution in [0.25, 0.3) is 6.08 Å². The van der Waals surface area contributed by atoms with Crippen LogP contribution < -0.4 is 0 Å². The fourth-order valence-corrected chi connectivity index (χ4v) is 1.12. The molecule has 0 radical (unpaired) electrons. The number of nitriles is 1.